The van der Waals surface area contributed by atoms with E-state index >= 15 is 0 Å². The molecule has 4 aliphatic heterocycles. The number of piperazine rings is 1. The predicted molar refractivity (Wildman–Crippen MR) is 295 cm³/mol. The molecule has 21 heteroatoms. The molecule has 0 aromatic heterocycles. The molecule has 0 saturated carbocycles. The first-order valence-corrected chi connectivity index (χ1v) is 29.9. The van der Waals surface area contributed by atoms with Crippen LogP contribution in [-0.2, 0) is 56.8 Å². The number of likely N-dealkylation sites (tertiary alicyclic amines) is 1. The average Bonchev–Trinajstić information content (AvgIpc) is 4.29. The fraction of sp³-hybridized carbons (Fsp3) is 0.509. The molecule has 2 amide bonds. The maximum absolute atomic E-state index is 13.3. The van der Waals surface area contributed by atoms with Crippen LogP contribution in [0.1, 0.15) is 67.2 Å². The van der Waals surface area contributed by atoms with E-state index in [-0.39, 0.29) is 35.7 Å². The molecule has 4 fully saturated rings. The van der Waals surface area contributed by atoms with E-state index in [4.69, 9.17) is 14.2 Å². The molecule has 3 N–H and O–H groups in total. The Morgan fingerprint density at radius 3 is 1.64 bits per heavy atom. The third-order valence-electron chi connectivity index (χ3n) is 14.7. The lowest BCUT2D eigenvalue weighted by atomic mass is 10.0. The van der Waals surface area contributed by atoms with Crippen molar-refractivity contribution in [2.45, 2.75) is 106 Å². The van der Waals surface area contributed by atoms with Gasteiger partial charge >= 0.3 is 11.9 Å². The van der Waals surface area contributed by atoms with Gasteiger partial charge in [-0.15, -0.1) is 0 Å². The van der Waals surface area contributed by atoms with Crippen LogP contribution < -0.4 is 20.1 Å². The lowest BCUT2D eigenvalue weighted by Crippen LogP contribution is -2.51. The molecule has 4 atom stereocenters. The summed E-state index contributed by atoms with van der Waals surface area (Å²) in [4.78, 5) is 58.4. The zero-order chi connectivity index (χ0) is 55.8. The molecule has 8 rings (SSSR count). The summed E-state index contributed by atoms with van der Waals surface area (Å²) in [6, 6.07) is 23.7. The van der Waals surface area contributed by atoms with Crippen molar-refractivity contribution in [1.82, 2.24) is 33.9 Å². The normalized spacial score (nSPS) is 19.5. The molecule has 0 spiro atoms. The number of carboxylic acids is 1. The summed E-state index contributed by atoms with van der Waals surface area (Å²) in [7, 11) is -4.32. The second kappa shape index (κ2) is 28.3. The number of nitrogens with one attached hydrogen (secondary N) is 2. The largest absolute Gasteiger partial charge is 0.494 e. The van der Waals surface area contributed by atoms with Crippen LogP contribution in [0.2, 0.25) is 0 Å². The van der Waals surface area contributed by atoms with Crippen LogP contribution in [0.15, 0.2) is 107 Å². The highest BCUT2D eigenvalue weighted by molar-refractivity contribution is 7.89. The lowest BCUT2D eigenvalue weighted by Gasteiger charge is -2.32. The molecule has 424 valence electrons. The minimum Gasteiger partial charge on any atom is -0.494 e. The number of benzene rings is 4. The molecule has 78 heavy (non-hydrogen) atoms. The summed E-state index contributed by atoms with van der Waals surface area (Å²) in [5.41, 5.74) is 3.41. The molecule has 0 unspecified atom stereocenters. The van der Waals surface area contributed by atoms with E-state index in [2.05, 4.69) is 32.4 Å². The van der Waals surface area contributed by atoms with Crippen LogP contribution in [0.25, 0.3) is 0 Å². The van der Waals surface area contributed by atoms with E-state index in [9.17, 15) is 41.1 Å². The number of carboxylic acid groups (broad SMARTS) is 1. The van der Waals surface area contributed by atoms with Crippen LogP contribution >= 0.6 is 0 Å². The van der Waals surface area contributed by atoms with Crippen molar-refractivity contribution in [2.75, 3.05) is 92.8 Å². The quantitative estimate of drug-likeness (QED) is 0.0687. The van der Waals surface area contributed by atoms with Crippen LogP contribution in [0.5, 0.6) is 11.5 Å². The average molecular weight is 1120 g/mol. The minimum atomic E-state index is -3.88. The number of likely N-dealkylation sites (N-methyl/N-ethyl adjacent to an activating group) is 1. The number of amides is 2. The van der Waals surface area contributed by atoms with Gasteiger partial charge in [-0.25, -0.2) is 26.4 Å². The third kappa shape index (κ3) is 16.6. The number of hydrogen-bond acceptors (Lipinski definition) is 14. The van der Waals surface area contributed by atoms with Gasteiger partial charge in [0.2, 0.25) is 31.9 Å². The van der Waals surface area contributed by atoms with Gasteiger partial charge in [0.25, 0.3) is 0 Å². The topological polar surface area (TPSA) is 225 Å². The Bertz CT molecular complexity index is 2840. The van der Waals surface area contributed by atoms with Crippen LogP contribution in [-0.4, -0.2) is 186 Å². The third-order valence-corrected chi connectivity index (χ3v) is 18.6. The van der Waals surface area contributed by atoms with Crippen LogP contribution in [0.3, 0.4) is 0 Å². The number of carbonyl (C=O) groups is 4. The van der Waals surface area contributed by atoms with Crippen LogP contribution in [0.4, 0.5) is 0 Å². The number of nitrogens with zero attached hydrogens (tertiary/aromatic N) is 5. The lowest BCUT2D eigenvalue weighted by molar-refractivity contribution is -0.145. The van der Waals surface area contributed by atoms with E-state index in [0.29, 0.717) is 50.2 Å². The molecule has 4 heterocycles. The van der Waals surface area contributed by atoms with E-state index in [0.717, 1.165) is 81.2 Å². The molecule has 4 saturated heterocycles. The molecule has 19 nitrogen and oxygen atoms in total. The number of carbonyl (C=O) groups excluding carboxylic acids is 3. The Morgan fingerprint density at radius 1 is 0.590 bits per heavy atom. The SMILES string of the molecule is COC(=O)[C@H](Cc1ccc(OCCCN2CCN(C)CC2)cc1)NC(=O)[C@@H]1CCCN1S(=O)(=O)c1ccc(C)cc1.Cc1ccc(S(=O)(=O)N2CCC[C@H]2C(=O)N[C@@H](Cc2cccc(OCCN3CCCC3)c2)C(=O)O)cc1. The number of hydrogen-bond donors (Lipinski definition) is 3. The van der Waals surface area contributed by atoms with Gasteiger partial charge in [-0.05, 0) is 139 Å². The molecule has 4 aromatic rings. The summed E-state index contributed by atoms with van der Waals surface area (Å²) in [5.74, 6) is -1.48. The summed E-state index contributed by atoms with van der Waals surface area (Å²) in [6.45, 7) is 13.8. The van der Waals surface area contributed by atoms with E-state index in [1.54, 1.807) is 54.6 Å². The summed E-state index contributed by atoms with van der Waals surface area (Å²) >= 11 is 0. The monoisotopic (exact) mass is 1120 g/mol. The highest BCUT2D eigenvalue weighted by Gasteiger charge is 2.42. The molecule has 0 aliphatic carbocycles. The summed E-state index contributed by atoms with van der Waals surface area (Å²) in [5, 5.41) is 15.1. The van der Waals surface area contributed by atoms with Gasteiger partial charge < -0.3 is 39.8 Å². The van der Waals surface area contributed by atoms with Crippen molar-refractivity contribution in [2.24, 2.45) is 0 Å². The van der Waals surface area contributed by atoms with Gasteiger partial charge in [0, 0.05) is 65.2 Å². The molecule has 0 bridgehead atoms. The number of esters is 1. The number of aryl methyl sites for hydroxylation is 2. The standard InChI is InChI=1S/C30H42N4O6S.C27H35N3O6S/c1-23-7-13-26(14-8-23)41(37,38)34-16-4-6-28(34)29(35)31-27(30(36)39-3)22-24-9-11-25(12-10-24)40-21-5-15-33-19-17-32(2)18-20-33;1-20-9-11-23(12-10-20)37(34,35)30-15-5-8-25(30)26(31)28-24(27(32)33)19-21-6-4-7-22(18-21)36-17-16-29-13-2-3-14-29/h7-14,27-28H,4-6,15-22H2,1-3H3,(H,31,35);4,6-7,9-12,18,24-25H,2-3,5,8,13-17,19H2,1H3,(H,28,31)(H,32,33)/t27-,28-;24-,25-/m00/s1. The Labute approximate surface area is 460 Å². The Balaban J connectivity index is 0.000000227. The van der Waals surface area contributed by atoms with Gasteiger partial charge in [0.15, 0.2) is 0 Å². The van der Waals surface area contributed by atoms with E-state index in [1.165, 1.54) is 40.7 Å². The fourth-order valence-electron chi connectivity index (χ4n) is 10.1. The minimum absolute atomic E-state index is 0.0574. The maximum atomic E-state index is 13.3. The second-order valence-corrected chi connectivity index (χ2v) is 24.4. The number of sulfonamides is 2. The Morgan fingerprint density at radius 2 is 1.10 bits per heavy atom. The highest BCUT2D eigenvalue weighted by Crippen LogP contribution is 2.29. The van der Waals surface area contributed by atoms with Gasteiger partial charge in [-0.3, -0.25) is 14.5 Å². The Kier molecular flexibility index (Phi) is 21.6. The number of aliphatic carboxylic acids is 1. The van der Waals surface area contributed by atoms with Gasteiger partial charge in [-0.1, -0.05) is 59.7 Å². The van der Waals surface area contributed by atoms with Crippen molar-refractivity contribution in [1.29, 1.82) is 0 Å². The van der Waals surface area contributed by atoms with Crippen molar-refractivity contribution in [3.05, 3.63) is 119 Å². The van der Waals surface area contributed by atoms with E-state index in [1.807, 2.05) is 44.2 Å². The zero-order valence-corrected chi connectivity index (χ0v) is 47.0. The molecular weight excluding hydrogens is 1040 g/mol. The zero-order valence-electron chi connectivity index (χ0n) is 45.4. The van der Waals surface area contributed by atoms with Gasteiger partial charge in [0.05, 0.1) is 23.5 Å². The first-order chi connectivity index (χ1) is 37.4. The summed E-state index contributed by atoms with van der Waals surface area (Å²) < 4.78 is 72.1. The first-order valence-electron chi connectivity index (χ1n) is 27.1. The molecular formula is C57H77N7O12S2. The molecule has 0 radical (unpaired) electrons. The summed E-state index contributed by atoms with van der Waals surface area (Å²) in [6.07, 6.45) is 5.44. The first kappa shape index (κ1) is 59.7. The number of ether oxygens (including phenoxy) is 3. The van der Waals surface area contributed by atoms with Crippen LogP contribution in [0, 0.1) is 13.8 Å². The Hall–Kier alpha value is -5.94. The number of rotatable bonds is 23. The smallest absolute Gasteiger partial charge is 0.328 e. The second-order valence-electron chi connectivity index (χ2n) is 20.6. The van der Waals surface area contributed by atoms with Gasteiger partial charge in [0.1, 0.15) is 42.3 Å². The van der Waals surface area contributed by atoms with Crippen molar-refractivity contribution in [3.63, 3.8) is 0 Å². The van der Waals surface area contributed by atoms with Gasteiger partial charge in [-0.2, -0.15) is 8.61 Å². The highest BCUT2D eigenvalue weighted by atomic mass is 32.2. The van der Waals surface area contributed by atoms with Crippen molar-refractivity contribution < 1.29 is 55.3 Å². The van der Waals surface area contributed by atoms with Crippen molar-refractivity contribution >= 4 is 43.8 Å². The fourth-order valence-corrected chi connectivity index (χ4v) is 13.5. The number of methoxy groups -OCH3 is 1. The molecule has 4 aromatic carbocycles. The van der Waals surface area contributed by atoms with Crippen molar-refractivity contribution in [3.8, 4) is 11.5 Å². The predicted octanol–water partition coefficient (Wildman–Crippen LogP) is 4.50. The van der Waals surface area contributed by atoms with E-state index < -0.39 is 68.0 Å². The maximum Gasteiger partial charge on any atom is 0.328 e. The molecule has 4 aliphatic rings.